The average molecular weight is 329 g/mol. The van der Waals surface area contributed by atoms with Gasteiger partial charge < -0.3 is 14.8 Å². The molecule has 6 heteroatoms. The Morgan fingerprint density at radius 2 is 2.12 bits per heavy atom. The van der Waals surface area contributed by atoms with E-state index in [0.29, 0.717) is 23.6 Å². The van der Waals surface area contributed by atoms with Gasteiger partial charge in [0.1, 0.15) is 0 Å². The summed E-state index contributed by atoms with van der Waals surface area (Å²) in [7, 11) is 3.46. The van der Waals surface area contributed by atoms with E-state index in [1.807, 2.05) is 13.2 Å². The lowest BCUT2D eigenvalue weighted by Gasteiger charge is -2.16. The Kier molecular flexibility index (Phi) is 5.03. The van der Waals surface area contributed by atoms with Gasteiger partial charge >= 0.3 is 0 Å². The van der Waals surface area contributed by atoms with Crippen molar-refractivity contribution in [2.24, 2.45) is 7.05 Å². The van der Waals surface area contributed by atoms with Crippen molar-refractivity contribution in [3.05, 3.63) is 41.7 Å². The van der Waals surface area contributed by atoms with Crippen LogP contribution in [0.15, 0.2) is 30.6 Å². The molecule has 1 aliphatic rings. The first kappa shape index (κ1) is 16.4. The van der Waals surface area contributed by atoms with Crippen LogP contribution >= 0.6 is 0 Å². The molecule has 1 N–H and O–H groups in total. The Morgan fingerprint density at radius 3 is 2.79 bits per heavy atom. The van der Waals surface area contributed by atoms with Gasteiger partial charge in [-0.3, -0.25) is 9.48 Å². The highest BCUT2D eigenvalue weighted by molar-refractivity contribution is 5.94. The van der Waals surface area contributed by atoms with Crippen LogP contribution in [0.2, 0.25) is 0 Å². The van der Waals surface area contributed by atoms with Crippen molar-refractivity contribution < 1.29 is 14.3 Å². The molecule has 1 heterocycles. The third-order valence-corrected chi connectivity index (χ3v) is 4.23. The van der Waals surface area contributed by atoms with Crippen LogP contribution < -0.4 is 14.8 Å². The van der Waals surface area contributed by atoms with Crippen molar-refractivity contribution in [1.82, 2.24) is 15.1 Å². The van der Waals surface area contributed by atoms with E-state index in [4.69, 9.17) is 9.47 Å². The Labute approximate surface area is 141 Å². The second kappa shape index (κ2) is 7.38. The number of nitrogens with one attached hydrogen (secondary N) is 1. The summed E-state index contributed by atoms with van der Waals surface area (Å²) in [5.41, 5.74) is 1.52. The smallest absolute Gasteiger partial charge is 0.251 e. The number of benzene rings is 1. The van der Waals surface area contributed by atoms with E-state index >= 15 is 0 Å². The molecule has 128 valence electrons. The summed E-state index contributed by atoms with van der Waals surface area (Å²) in [5.74, 6) is 1.15. The summed E-state index contributed by atoms with van der Waals surface area (Å²) in [6, 6.07) is 5.29. The maximum atomic E-state index is 12.4. The number of amides is 1. The first-order valence-corrected chi connectivity index (χ1v) is 8.26. The van der Waals surface area contributed by atoms with Crippen molar-refractivity contribution >= 4 is 5.91 Å². The van der Waals surface area contributed by atoms with Crippen LogP contribution in [0.25, 0.3) is 0 Å². The monoisotopic (exact) mass is 329 g/mol. The molecule has 6 nitrogen and oxygen atoms in total. The number of carbonyl (C=O) groups excluding carboxylic acids is 1. The van der Waals surface area contributed by atoms with Gasteiger partial charge in [0.2, 0.25) is 0 Å². The molecule has 0 bridgehead atoms. The molecule has 0 atom stereocenters. The lowest BCUT2D eigenvalue weighted by atomic mass is 10.1. The number of carbonyl (C=O) groups is 1. The summed E-state index contributed by atoms with van der Waals surface area (Å²) < 4.78 is 13.1. The zero-order valence-electron chi connectivity index (χ0n) is 14.1. The van der Waals surface area contributed by atoms with Gasteiger partial charge in [-0.15, -0.1) is 0 Å². The molecule has 1 aliphatic carbocycles. The van der Waals surface area contributed by atoms with Crippen molar-refractivity contribution in [3.8, 4) is 11.5 Å². The second-order valence-electron chi connectivity index (χ2n) is 6.09. The standard InChI is InChI=1S/C18H23N3O3/c1-21-12-13(11-20-21)10-19-18(22)14-7-8-16(23-2)17(9-14)24-15-5-3-4-6-15/h7-9,11-12,15H,3-6,10H2,1-2H3,(H,19,22). The van der Waals surface area contributed by atoms with Gasteiger partial charge in [-0.2, -0.15) is 5.10 Å². The van der Waals surface area contributed by atoms with Crippen molar-refractivity contribution in [2.75, 3.05) is 7.11 Å². The molecule has 24 heavy (non-hydrogen) atoms. The Balaban J connectivity index is 1.68. The Hall–Kier alpha value is -2.50. The van der Waals surface area contributed by atoms with E-state index in [1.165, 1.54) is 12.8 Å². The molecule has 0 saturated heterocycles. The average Bonchev–Trinajstić information content (AvgIpc) is 3.24. The second-order valence-corrected chi connectivity index (χ2v) is 6.09. The highest BCUT2D eigenvalue weighted by Gasteiger charge is 2.19. The van der Waals surface area contributed by atoms with Crippen molar-refractivity contribution in [1.29, 1.82) is 0 Å². The molecule has 1 aromatic carbocycles. The van der Waals surface area contributed by atoms with E-state index in [2.05, 4.69) is 10.4 Å². The lowest BCUT2D eigenvalue weighted by Crippen LogP contribution is -2.22. The van der Waals surface area contributed by atoms with Gasteiger partial charge in [0.05, 0.1) is 19.4 Å². The zero-order valence-corrected chi connectivity index (χ0v) is 14.1. The molecule has 0 unspecified atom stereocenters. The van der Waals surface area contributed by atoms with Crippen LogP contribution in [0.1, 0.15) is 41.6 Å². The van der Waals surface area contributed by atoms with Crippen molar-refractivity contribution in [2.45, 2.75) is 38.3 Å². The predicted molar refractivity (Wildman–Crippen MR) is 90.3 cm³/mol. The minimum atomic E-state index is -0.141. The third-order valence-electron chi connectivity index (χ3n) is 4.23. The minimum Gasteiger partial charge on any atom is -0.493 e. The van der Waals surface area contributed by atoms with E-state index in [-0.39, 0.29) is 12.0 Å². The summed E-state index contributed by atoms with van der Waals surface area (Å²) in [6.45, 7) is 0.442. The van der Waals surface area contributed by atoms with Gasteiger partial charge in [-0.25, -0.2) is 0 Å². The molecule has 2 aromatic rings. The number of hydrogen-bond donors (Lipinski definition) is 1. The number of nitrogens with zero attached hydrogens (tertiary/aromatic N) is 2. The molecular weight excluding hydrogens is 306 g/mol. The molecule has 1 aromatic heterocycles. The number of methoxy groups -OCH3 is 1. The fourth-order valence-corrected chi connectivity index (χ4v) is 2.94. The summed E-state index contributed by atoms with van der Waals surface area (Å²) in [5, 5.41) is 6.99. The molecule has 0 radical (unpaired) electrons. The number of rotatable bonds is 6. The Bertz CT molecular complexity index is 705. The highest BCUT2D eigenvalue weighted by Crippen LogP contribution is 2.32. The summed E-state index contributed by atoms with van der Waals surface area (Å²) in [4.78, 5) is 12.4. The maximum Gasteiger partial charge on any atom is 0.251 e. The van der Waals surface area contributed by atoms with Gasteiger partial charge in [0, 0.05) is 30.9 Å². The topological polar surface area (TPSA) is 65.4 Å². The van der Waals surface area contributed by atoms with Crippen LogP contribution in [-0.4, -0.2) is 28.9 Å². The zero-order chi connectivity index (χ0) is 16.9. The first-order valence-electron chi connectivity index (χ1n) is 8.26. The number of aromatic nitrogens is 2. The van der Waals surface area contributed by atoms with E-state index in [9.17, 15) is 4.79 Å². The first-order chi connectivity index (χ1) is 11.7. The van der Waals surface area contributed by atoms with Crippen LogP contribution in [0.3, 0.4) is 0 Å². The van der Waals surface area contributed by atoms with Gasteiger partial charge in [0.15, 0.2) is 11.5 Å². The summed E-state index contributed by atoms with van der Waals surface area (Å²) >= 11 is 0. The Morgan fingerprint density at radius 1 is 1.33 bits per heavy atom. The van der Waals surface area contributed by atoms with Crippen LogP contribution in [0, 0.1) is 0 Å². The van der Waals surface area contributed by atoms with Crippen molar-refractivity contribution in [3.63, 3.8) is 0 Å². The van der Waals surface area contributed by atoms with Crippen LogP contribution in [0.4, 0.5) is 0 Å². The molecular formula is C18H23N3O3. The van der Waals surface area contributed by atoms with E-state index in [0.717, 1.165) is 18.4 Å². The molecule has 1 saturated carbocycles. The predicted octanol–water partition coefficient (Wildman–Crippen LogP) is 2.68. The van der Waals surface area contributed by atoms with Crippen LogP contribution in [-0.2, 0) is 13.6 Å². The molecule has 1 amide bonds. The molecule has 1 fully saturated rings. The quantitative estimate of drug-likeness (QED) is 0.885. The van der Waals surface area contributed by atoms with E-state index in [1.54, 1.807) is 36.2 Å². The number of aryl methyl sites for hydroxylation is 1. The number of ether oxygens (including phenoxy) is 2. The van der Waals surface area contributed by atoms with Crippen LogP contribution in [0.5, 0.6) is 11.5 Å². The van der Waals surface area contributed by atoms with E-state index < -0.39 is 0 Å². The normalized spacial score (nSPS) is 14.6. The molecule has 0 aliphatic heterocycles. The molecule has 3 rings (SSSR count). The van der Waals surface area contributed by atoms with Gasteiger partial charge in [0.25, 0.3) is 5.91 Å². The lowest BCUT2D eigenvalue weighted by molar-refractivity contribution is 0.0950. The minimum absolute atomic E-state index is 0.141. The highest BCUT2D eigenvalue weighted by atomic mass is 16.5. The maximum absolute atomic E-state index is 12.4. The largest absolute Gasteiger partial charge is 0.493 e. The van der Waals surface area contributed by atoms with Gasteiger partial charge in [-0.1, -0.05) is 0 Å². The SMILES string of the molecule is COc1ccc(C(=O)NCc2cnn(C)c2)cc1OC1CCCC1. The number of hydrogen-bond acceptors (Lipinski definition) is 4. The molecule has 0 spiro atoms. The van der Waals surface area contributed by atoms with Gasteiger partial charge in [-0.05, 0) is 43.9 Å². The third kappa shape index (κ3) is 3.88. The summed E-state index contributed by atoms with van der Waals surface area (Å²) in [6.07, 6.45) is 8.33. The fraction of sp³-hybridized carbons (Fsp3) is 0.444. The fourth-order valence-electron chi connectivity index (χ4n) is 2.94.